The van der Waals surface area contributed by atoms with E-state index in [2.05, 4.69) is 20.2 Å². The number of carbonyl (C=O) groups excluding carboxylic acids is 2. The summed E-state index contributed by atoms with van der Waals surface area (Å²) in [7, 11) is 2.01. The number of carbonyl (C=O) groups is 2. The summed E-state index contributed by atoms with van der Waals surface area (Å²) in [6, 6.07) is 7.70. The number of aliphatic imine (C=N–C) groups is 2. The van der Waals surface area contributed by atoms with Crippen LogP contribution >= 0.6 is 11.8 Å². The second kappa shape index (κ2) is 9.55. The molecule has 0 radical (unpaired) electrons. The number of ether oxygens (including phenoxy) is 1. The van der Waals surface area contributed by atoms with E-state index in [9.17, 15) is 9.59 Å². The fourth-order valence-corrected chi connectivity index (χ4v) is 3.69. The molecule has 27 heavy (non-hydrogen) atoms. The Morgan fingerprint density at radius 2 is 2.07 bits per heavy atom. The van der Waals surface area contributed by atoms with Gasteiger partial charge < -0.3 is 9.64 Å². The van der Waals surface area contributed by atoms with Gasteiger partial charge in [-0.25, -0.2) is 4.99 Å². The van der Waals surface area contributed by atoms with E-state index in [1.807, 2.05) is 37.5 Å². The summed E-state index contributed by atoms with van der Waals surface area (Å²) >= 11 is 1.05. The van der Waals surface area contributed by atoms with Gasteiger partial charge >= 0.3 is 0 Å². The zero-order chi connectivity index (χ0) is 19.1. The van der Waals surface area contributed by atoms with Gasteiger partial charge in [-0.3, -0.25) is 19.9 Å². The van der Waals surface area contributed by atoms with Crippen molar-refractivity contribution in [3.63, 3.8) is 0 Å². The predicted octanol–water partition coefficient (Wildman–Crippen LogP) is 2.50. The monoisotopic (exact) mass is 388 g/mol. The molecule has 1 saturated heterocycles. The number of rotatable bonds is 8. The average molecular weight is 388 g/mol. The smallest absolute Gasteiger partial charge is 0.286 e. The number of unbranched alkanes of at least 4 members (excludes halogenated alkanes) is 1. The van der Waals surface area contributed by atoms with Gasteiger partial charge in [0.25, 0.3) is 5.24 Å². The zero-order valence-electron chi connectivity index (χ0n) is 15.4. The number of amides is 2. The lowest BCUT2D eigenvalue weighted by atomic mass is 10.1. The summed E-state index contributed by atoms with van der Waals surface area (Å²) in [6.45, 7) is 2.37. The van der Waals surface area contributed by atoms with E-state index in [-0.39, 0.29) is 16.4 Å². The Hall–Kier alpha value is -2.35. The van der Waals surface area contributed by atoms with E-state index in [1.165, 1.54) is 0 Å². The molecule has 1 atom stereocenters. The first kappa shape index (κ1) is 19.4. The Kier molecular flexibility index (Phi) is 6.86. The highest BCUT2D eigenvalue weighted by Gasteiger charge is 2.31. The number of hydrogen-bond donors (Lipinski definition) is 1. The summed E-state index contributed by atoms with van der Waals surface area (Å²) in [6.07, 6.45) is 5.34. The van der Waals surface area contributed by atoms with Gasteiger partial charge in [0.2, 0.25) is 11.9 Å². The zero-order valence-corrected chi connectivity index (χ0v) is 16.2. The van der Waals surface area contributed by atoms with Crippen LogP contribution in [0.5, 0.6) is 5.75 Å². The number of nitrogens with zero attached hydrogens (tertiary/aromatic N) is 3. The highest BCUT2D eigenvalue weighted by molar-refractivity contribution is 8.15. The molecule has 2 aliphatic rings. The lowest BCUT2D eigenvalue weighted by molar-refractivity contribution is -0.118. The van der Waals surface area contributed by atoms with E-state index in [0.717, 1.165) is 61.4 Å². The topological polar surface area (TPSA) is 83.4 Å². The van der Waals surface area contributed by atoms with Gasteiger partial charge in [-0.1, -0.05) is 23.9 Å². The van der Waals surface area contributed by atoms with E-state index < -0.39 is 0 Å². The summed E-state index contributed by atoms with van der Waals surface area (Å²) in [5.74, 6) is 1.42. The van der Waals surface area contributed by atoms with Crippen molar-refractivity contribution in [2.75, 3.05) is 26.7 Å². The van der Waals surface area contributed by atoms with Gasteiger partial charge in [0.05, 0.1) is 11.9 Å². The Labute approximate surface area is 163 Å². The minimum atomic E-state index is -0.334. The second-order valence-electron chi connectivity index (χ2n) is 6.49. The van der Waals surface area contributed by atoms with Crippen molar-refractivity contribution < 1.29 is 14.3 Å². The van der Waals surface area contributed by atoms with Crippen LogP contribution in [0.15, 0.2) is 34.3 Å². The lowest BCUT2D eigenvalue weighted by Gasteiger charge is -2.19. The van der Waals surface area contributed by atoms with Crippen LogP contribution in [-0.2, 0) is 11.2 Å². The Bertz CT molecular complexity index is 733. The Balaban J connectivity index is 1.34. The molecule has 3 rings (SSSR count). The van der Waals surface area contributed by atoms with Crippen molar-refractivity contribution in [3.05, 3.63) is 29.8 Å². The first-order chi connectivity index (χ1) is 13.1. The maximum absolute atomic E-state index is 11.6. The molecule has 1 N–H and O–H groups in total. The molecule has 0 saturated carbocycles. The van der Waals surface area contributed by atoms with Gasteiger partial charge in [0.15, 0.2) is 0 Å². The fourth-order valence-electron chi connectivity index (χ4n) is 2.83. The minimum absolute atomic E-state index is 0.208. The van der Waals surface area contributed by atoms with Crippen molar-refractivity contribution >= 4 is 35.1 Å². The van der Waals surface area contributed by atoms with E-state index in [1.54, 1.807) is 0 Å². The Morgan fingerprint density at radius 3 is 2.74 bits per heavy atom. The molecule has 2 amide bonds. The highest BCUT2D eigenvalue weighted by Crippen LogP contribution is 2.23. The van der Waals surface area contributed by atoms with Crippen molar-refractivity contribution in [2.45, 2.75) is 30.9 Å². The van der Waals surface area contributed by atoms with Gasteiger partial charge in [-0.15, -0.1) is 0 Å². The predicted molar refractivity (Wildman–Crippen MR) is 108 cm³/mol. The number of imide groups is 1. The molecule has 8 heteroatoms. The molecule has 2 heterocycles. The second-order valence-corrected chi connectivity index (χ2v) is 7.67. The molecule has 1 aromatic carbocycles. The van der Waals surface area contributed by atoms with Gasteiger partial charge in [0, 0.05) is 32.8 Å². The van der Waals surface area contributed by atoms with Crippen molar-refractivity contribution in [2.24, 2.45) is 9.98 Å². The quantitative estimate of drug-likeness (QED) is 0.692. The van der Waals surface area contributed by atoms with Crippen LogP contribution in [0.2, 0.25) is 0 Å². The first-order valence-electron chi connectivity index (χ1n) is 9.13. The molecule has 144 valence electrons. The van der Waals surface area contributed by atoms with Gasteiger partial charge in [0.1, 0.15) is 5.75 Å². The van der Waals surface area contributed by atoms with E-state index in [4.69, 9.17) is 4.74 Å². The molecule has 7 nitrogen and oxygen atoms in total. The number of nitrogens with one attached hydrogen (secondary N) is 1. The molecule has 0 bridgehead atoms. The number of benzene rings is 1. The maximum Gasteiger partial charge on any atom is 0.286 e. The number of thioether (sulfide) groups is 1. The molecule has 1 unspecified atom stereocenters. The molecular formula is C19H24N4O3S. The van der Waals surface area contributed by atoms with Crippen molar-refractivity contribution in [1.82, 2.24) is 10.2 Å². The third-order valence-electron chi connectivity index (χ3n) is 4.33. The van der Waals surface area contributed by atoms with Crippen LogP contribution in [0.25, 0.3) is 0 Å². The number of guanidine groups is 1. The van der Waals surface area contributed by atoms with Crippen LogP contribution in [0.1, 0.15) is 24.8 Å². The molecule has 1 aromatic rings. The van der Waals surface area contributed by atoms with Crippen molar-refractivity contribution in [3.8, 4) is 5.75 Å². The molecule has 2 aliphatic heterocycles. The fraction of sp³-hybridized carbons (Fsp3) is 0.474. The molecule has 0 aliphatic carbocycles. The Morgan fingerprint density at radius 1 is 1.26 bits per heavy atom. The summed E-state index contributed by atoms with van der Waals surface area (Å²) < 4.78 is 5.78. The maximum atomic E-state index is 11.6. The average Bonchev–Trinajstić information content (AvgIpc) is 3.00. The molecule has 0 spiro atoms. The van der Waals surface area contributed by atoms with Crippen molar-refractivity contribution in [1.29, 1.82) is 0 Å². The summed E-state index contributed by atoms with van der Waals surface area (Å²) in [5, 5.41) is 1.71. The van der Waals surface area contributed by atoms with Crippen LogP contribution in [0, 0.1) is 0 Å². The number of hydrogen-bond acceptors (Lipinski definition) is 7. The normalized spacial score (nSPS) is 19.0. The first-order valence-corrected chi connectivity index (χ1v) is 10.0. The minimum Gasteiger partial charge on any atom is -0.494 e. The van der Waals surface area contributed by atoms with Crippen LogP contribution in [0.3, 0.4) is 0 Å². The third kappa shape index (κ3) is 5.82. The van der Waals surface area contributed by atoms with Crippen LogP contribution in [-0.4, -0.2) is 60.2 Å². The van der Waals surface area contributed by atoms with Crippen LogP contribution < -0.4 is 10.1 Å². The molecule has 0 aromatic heterocycles. The lowest BCUT2D eigenvalue weighted by Crippen LogP contribution is -2.28. The van der Waals surface area contributed by atoms with Gasteiger partial charge in [-0.2, -0.15) is 0 Å². The highest BCUT2D eigenvalue weighted by atomic mass is 32.2. The van der Waals surface area contributed by atoms with Gasteiger partial charge in [-0.05, 0) is 37.0 Å². The van der Waals surface area contributed by atoms with E-state index in [0.29, 0.717) is 13.0 Å². The van der Waals surface area contributed by atoms with Crippen LogP contribution in [0.4, 0.5) is 4.79 Å². The largest absolute Gasteiger partial charge is 0.494 e. The molecular weight excluding hydrogens is 364 g/mol. The standard InChI is InChI=1S/C19H24N4O3S/c1-23(18-20-9-4-10-21-18)11-2-3-12-26-15-7-5-14(6-8-15)13-16-17(24)22-19(25)27-16/h5-9,16H,2-4,10-13H2,1H3,(H,22,24,25). The SMILES string of the molecule is CN(CCCCOc1ccc(CC2SC(=O)NC2=O)cc1)C1=NCCC=N1. The molecule has 1 fully saturated rings. The van der Waals surface area contributed by atoms with E-state index >= 15 is 0 Å². The third-order valence-corrected chi connectivity index (χ3v) is 5.31. The summed E-state index contributed by atoms with van der Waals surface area (Å²) in [5.41, 5.74) is 1.01. The summed E-state index contributed by atoms with van der Waals surface area (Å²) in [4.78, 5) is 33.6.